The van der Waals surface area contributed by atoms with Crippen LogP contribution in [0, 0.1) is 0 Å². The molecular formula is C95H181NO8. The average Bonchev–Trinajstić information content (AvgIpc) is 1.13. The molecule has 0 spiro atoms. The van der Waals surface area contributed by atoms with E-state index in [-0.39, 0.29) is 32.2 Å². The third-order valence-electron chi connectivity index (χ3n) is 21.6. The number of rotatable bonds is 89. The maximum absolute atomic E-state index is 13.0. The number of quaternary nitrogens is 1. The SMILES string of the molecule is CCCCCCC/C=C\C/C=C\C/C=C\CCCCCCCCCCCCCCCCCCCCCCCCCCC(=O)OC(COC(=O)CCCCCCCCCCCCCCCCCCCCCCCCCCCCCCCCCCCCCCCCCC)COC(OCC[N+](C)(C)C)C(=O)[O-]. The zero-order valence-electron chi connectivity index (χ0n) is 70.7. The van der Waals surface area contributed by atoms with Crippen LogP contribution in [0.4, 0.5) is 0 Å². The summed E-state index contributed by atoms with van der Waals surface area (Å²) in [5, 5.41) is 11.9. The third kappa shape index (κ3) is 86.7. The number of hydrogen-bond acceptors (Lipinski definition) is 8. The van der Waals surface area contributed by atoms with Gasteiger partial charge in [0.25, 0.3) is 0 Å². The van der Waals surface area contributed by atoms with E-state index < -0.39 is 24.3 Å². The monoisotopic (exact) mass is 1460 g/mol. The Morgan fingerprint density at radius 2 is 0.519 bits per heavy atom. The van der Waals surface area contributed by atoms with Crippen molar-refractivity contribution in [3.05, 3.63) is 36.5 Å². The number of nitrogens with zero attached hydrogens (tertiary/aromatic N) is 1. The van der Waals surface area contributed by atoms with E-state index in [4.69, 9.17) is 18.9 Å². The predicted octanol–water partition coefficient (Wildman–Crippen LogP) is 29.2. The van der Waals surface area contributed by atoms with Crippen LogP contribution in [-0.2, 0) is 33.3 Å². The highest BCUT2D eigenvalue weighted by Gasteiger charge is 2.22. The largest absolute Gasteiger partial charge is 0.545 e. The van der Waals surface area contributed by atoms with Gasteiger partial charge in [0, 0.05) is 12.8 Å². The number of esters is 2. The van der Waals surface area contributed by atoms with E-state index in [1.165, 1.54) is 417 Å². The number of aliphatic carboxylic acids is 1. The Kier molecular flexibility index (Phi) is 84.0. The summed E-state index contributed by atoms with van der Waals surface area (Å²) >= 11 is 0. The molecule has 0 aromatic rings. The van der Waals surface area contributed by atoms with Gasteiger partial charge in [0.1, 0.15) is 13.2 Å². The summed E-state index contributed by atoms with van der Waals surface area (Å²) in [6.45, 7) is 4.83. The Labute approximate surface area is 649 Å². The van der Waals surface area contributed by atoms with Gasteiger partial charge in [-0.2, -0.15) is 0 Å². The second-order valence-electron chi connectivity index (χ2n) is 33.3. The molecule has 9 heteroatoms. The Balaban J connectivity index is 3.87. The van der Waals surface area contributed by atoms with Crippen LogP contribution >= 0.6 is 0 Å². The van der Waals surface area contributed by atoms with Gasteiger partial charge < -0.3 is 33.3 Å². The lowest BCUT2D eigenvalue weighted by Gasteiger charge is -2.26. The second-order valence-corrected chi connectivity index (χ2v) is 33.3. The first-order valence-corrected chi connectivity index (χ1v) is 46.6. The molecule has 0 aliphatic rings. The molecule has 0 amide bonds. The van der Waals surface area contributed by atoms with Crippen LogP contribution in [0.1, 0.15) is 495 Å². The first-order chi connectivity index (χ1) is 51.1. The number of ether oxygens (including phenoxy) is 4. The molecule has 0 N–H and O–H groups in total. The van der Waals surface area contributed by atoms with E-state index in [1.54, 1.807) is 0 Å². The summed E-state index contributed by atoms with van der Waals surface area (Å²) < 4.78 is 22.9. The van der Waals surface area contributed by atoms with E-state index in [0.717, 1.165) is 51.4 Å². The smallest absolute Gasteiger partial charge is 0.306 e. The predicted molar refractivity (Wildman–Crippen MR) is 449 cm³/mol. The Hall–Kier alpha value is -2.49. The van der Waals surface area contributed by atoms with Crippen molar-refractivity contribution < 1.29 is 42.9 Å². The Morgan fingerprint density at radius 3 is 0.769 bits per heavy atom. The highest BCUT2D eigenvalue weighted by molar-refractivity contribution is 5.70. The minimum absolute atomic E-state index is 0.152. The molecule has 2 atom stereocenters. The van der Waals surface area contributed by atoms with Gasteiger partial charge in [0.05, 0.1) is 40.3 Å². The van der Waals surface area contributed by atoms with Gasteiger partial charge in [0.2, 0.25) is 0 Å². The normalized spacial score (nSPS) is 12.7. The van der Waals surface area contributed by atoms with Crippen molar-refractivity contribution in [2.24, 2.45) is 0 Å². The molecule has 0 fully saturated rings. The van der Waals surface area contributed by atoms with Crippen LogP contribution in [0.2, 0.25) is 0 Å². The van der Waals surface area contributed by atoms with Crippen molar-refractivity contribution in [3.8, 4) is 0 Å². The van der Waals surface area contributed by atoms with E-state index in [1.807, 2.05) is 21.1 Å². The Bertz CT molecular complexity index is 1810. The summed E-state index contributed by atoms with van der Waals surface area (Å²) in [5.41, 5.74) is 0. The molecule has 0 saturated heterocycles. The maximum Gasteiger partial charge on any atom is 0.306 e. The van der Waals surface area contributed by atoms with Crippen molar-refractivity contribution in [1.82, 2.24) is 0 Å². The molecule has 0 aliphatic heterocycles. The average molecular weight is 1470 g/mol. The molecule has 0 saturated carbocycles. The minimum Gasteiger partial charge on any atom is -0.545 e. The molecule has 0 heterocycles. The molecular weight excluding hydrogens is 1280 g/mol. The quantitative estimate of drug-likeness (QED) is 0.0195. The number of carboxylic acid groups (broad SMARTS) is 1. The van der Waals surface area contributed by atoms with Crippen LogP contribution < -0.4 is 5.11 Å². The molecule has 0 radical (unpaired) electrons. The summed E-state index contributed by atoms with van der Waals surface area (Å²) in [6, 6.07) is 0. The standard InChI is InChI=1S/C95H181NO8/c1-6-8-10-12-14-16-18-20-22-24-26-28-30-32-34-36-38-40-42-44-46-48-49-51-53-55-57-59-61-63-65-67-69-71-73-75-77-79-81-83-85-92(97)102-89-91(90-103-95(94(99)100)101-88-87-96(3,4)5)104-93(98)86-84-82-80-78-76-74-72-70-68-66-64-62-60-58-56-54-52-50-47-45-43-41-39-37-35-33-31-29-27-25-23-21-19-17-15-13-11-9-7-2/h19,21,25,27,31,33,91,95H,6-18,20,22-24,26,28-30,32,34-90H2,1-5H3/b21-19-,27-25-,33-31-. The van der Waals surface area contributed by atoms with E-state index in [2.05, 4.69) is 50.3 Å². The van der Waals surface area contributed by atoms with Crippen molar-refractivity contribution in [2.75, 3.05) is 47.5 Å². The van der Waals surface area contributed by atoms with Crippen LogP contribution in [0.25, 0.3) is 0 Å². The molecule has 9 nitrogen and oxygen atoms in total. The van der Waals surface area contributed by atoms with Gasteiger partial charge in [-0.3, -0.25) is 9.59 Å². The van der Waals surface area contributed by atoms with Crippen LogP contribution in [0.15, 0.2) is 36.5 Å². The lowest BCUT2D eigenvalue weighted by atomic mass is 10.0. The number of carboxylic acids is 1. The van der Waals surface area contributed by atoms with Crippen LogP contribution in [0.3, 0.4) is 0 Å². The highest BCUT2D eigenvalue weighted by Crippen LogP contribution is 2.22. The Morgan fingerprint density at radius 1 is 0.288 bits per heavy atom. The zero-order valence-corrected chi connectivity index (χ0v) is 70.7. The minimum atomic E-state index is -1.62. The number of carbonyl (C=O) groups is 3. The molecule has 0 aromatic heterocycles. The lowest BCUT2D eigenvalue weighted by molar-refractivity contribution is -0.870. The molecule has 0 bridgehead atoms. The number of carbonyl (C=O) groups excluding carboxylic acids is 3. The molecule has 0 aromatic carbocycles. The topological polar surface area (TPSA) is 111 Å². The van der Waals surface area contributed by atoms with Crippen molar-refractivity contribution in [2.45, 2.75) is 508 Å². The number of hydrogen-bond donors (Lipinski definition) is 0. The maximum atomic E-state index is 13.0. The first-order valence-electron chi connectivity index (χ1n) is 46.6. The van der Waals surface area contributed by atoms with Crippen LogP contribution in [0.5, 0.6) is 0 Å². The fourth-order valence-corrected chi connectivity index (χ4v) is 14.6. The number of unbranched alkanes of at least 4 members (excludes halogenated alkanes) is 68. The molecule has 2 unspecified atom stereocenters. The van der Waals surface area contributed by atoms with Gasteiger partial charge in [-0.25, -0.2) is 0 Å². The first kappa shape index (κ1) is 102. The van der Waals surface area contributed by atoms with Gasteiger partial charge in [-0.05, 0) is 51.4 Å². The van der Waals surface area contributed by atoms with Gasteiger partial charge >= 0.3 is 11.9 Å². The van der Waals surface area contributed by atoms with Gasteiger partial charge in [0.15, 0.2) is 12.4 Å². The fourth-order valence-electron chi connectivity index (χ4n) is 14.6. The molecule has 0 rings (SSSR count). The van der Waals surface area contributed by atoms with Gasteiger partial charge in [-0.15, -0.1) is 0 Å². The summed E-state index contributed by atoms with van der Waals surface area (Å²) in [5.74, 6) is -2.24. The van der Waals surface area contributed by atoms with Gasteiger partial charge in [-0.1, -0.05) is 468 Å². The van der Waals surface area contributed by atoms with Crippen molar-refractivity contribution in [1.29, 1.82) is 0 Å². The van der Waals surface area contributed by atoms with Crippen molar-refractivity contribution >= 4 is 17.9 Å². The molecule has 104 heavy (non-hydrogen) atoms. The summed E-state index contributed by atoms with van der Waals surface area (Å²) in [6.07, 6.45) is 111. The highest BCUT2D eigenvalue weighted by atomic mass is 16.7. The number of allylic oxidation sites excluding steroid dienone is 6. The molecule has 614 valence electrons. The summed E-state index contributed by atoms with van der Waals surface area (Å²) in [7, 11) is 5.96. The van der Waals surface area contributed by atoms with E-state index in [0.29, 0.717) is 17.4 Å². The van der Waals surface area contributed by atoms with Crippen molar-refractivity contribution in [3.63, 3.8) is 0 Å². The third-order valence-corrected chi connectivity index (χ3v) is 21.6. The van der Waals surface area contributed by atoms with Crippen LogP contribution in [-0.4, -0.2) is 82.3 Å². The lowest BCUT2D eigenvalue weighted by Crippen LogP contribution is -2.44. The fraction of sp³-hybridized carbons (Fsp3) is 0.905. The second kappa shape index (κ2) is 86.1. The zero-order chi connectivity index (χ0) is 75.3. The number of likely N-dealkylation sites (N-methyl/N-ethyl adjacent to an activating group) is 1. The molecule has 0 aliphatic carbocycles. The van der Waals surface area contributed by atoms with E-state index >= 15 is 0 Å². The van der Waals surface area contributed by atoms with E-state index in [9.17, 15) is 19.5 Å². The summed E-state index contributed by atoms with van der Waals surface area (Å²) in [4.78, 5) is 37.7.